The third kappa shape index (κ3) is 4.50. The molecule has 1 aromatic rings. The summed E-state index contributed by atoms with van der Waals surface area (Å²) in [7, 11) is 0. The molecule has 0 heterocycles. The van der Waals surface area contributed by atoms with Crippen LogP contribution in [0.2, 0.25) is 0 Å². The van der Waals surface area contributed by atoms with Gasteiger partial charge in [0.25, 0.3) is 5.91 Å². The number of alkyl halides is 1. The number of amides is 1. The van der Waals surface area contributed by atoms with Crippen LogP contribution in [0.1, 0.15) is 41.3 Å². The molecule has 94 valence electrons. The van der Waals surface area contributed by atoms with Crippen LogP contribution < -0.4 is 5.32 Å². The van der Waals surface area contributed by atoms with Crippen LogP contribution in [0.3, 0.4) is 0 Å². The molecule has 0 radical (unpaired) electrons. The van der Waals surface area contributed by atoms with Crippen molar-refractivity contribution < 1.29 is 4.79 Å². The van der Waals surface area contributed by atoms with Crippen molar-refractivity contribution in [2.75, 3.05) is 6.54 Å². The maximum atomic E-state index is 11.9. The standard InChI is InChI=1S/C14H20BrNO/c1-4-12(15)7-8-16-14(17)13-6-5-10(2)9-11(13)3/h5-6,9,12H,4,7-8H2,1-3H3,(H,16,17). The molecule has 3 heteroatoms. The summed E-state index contributed by atoms with van der Waals surface area (Å²) in [6, 6.07) is 5.90. The second kappa shape index (κ2) is 6.80. The Labute approximate surface area is 112 Å². The first-order valence-electron chi connectivity index (χ1n) is 6.04. The van der Waals surface area contributed by atoms with Gasteiger partial charge in [0.1, 0.15) is 0 Å². The van der Waals surface area contributed by atoms with Gasteiger partial charge in [0.15, 0.2) is 0 Å². The van der Waals surface area contributed by atoms with Crippen molar-refractivity contribution in [3.05, 3.63) is 34.9 Å². The monoisotopic (exact) mass is 297 g/mol. The van der Waals surface area contributed by atoms with Gasteiger partial charge in [0, 0.05) is 16.9 Å². The number of benzene rings is 1. The van der Waals surface area contributed by atoms with Gasteiger partial charge in [-0.3, -0.25) is 4.79 Å². The van der Waals surface area contributed by atoms with Crippen LogP contribution in [0.4, 0.5) is 0 Å². The Balaban J connectivity index is 2.52. The largest absolute Gasteiger partial charge is 0.352 e. The molecule has 1 rings (SSSR count). The number of carbonyl (C=O) groups is 1. The molecule has 0 fully saturated rings. The number of hydrogen-bond donors (Lipinski definition) is 1. The number of nitrogens with one attached hydrogen (secondary N) is 1. The highest BCUT2D eigenvalue weighted by Gasteiger charge is 2.08. The molecule has 0 aliphatic carbocycles. The molecule has 0 bridgehead atoms. The van der Waals surface area contributed by atoms with E-state index in [4.69, 9.17) is 0 Å². The highest BCUT2D eigenvalue weighted by Crippen LogP contribution is 2.11. The first-order valence-corrected chi connectivity index (χ1v) is 6.95. The zero-order chi connectivity index (χ0) is 12.8. The van der Waals surface area contributed by atoms with Crippen LogP contribution in [0, 0.1) is 13.8 Å². The quantitative estimate of drug-likeness (QED) is 0.827. The van der Waals surface area contributed by atoms with E-state index < -0.39 is 0 Å². The van der Waals surface area contributed by atoms with Gasteiger partial charge in [-0.2, -0.15) is 0 Å². The van der Waals surface area contributed by atoms with Gasteiger partial charge in [-0.25, -0.2) is 0 Å². The van der Waals surface area contributed by atoms with Crippen LogP contribution in [-0.4, -0.2) is 17.3 Å². The zero-order valence-corrected chi connectivity index (χ0v) is 12.3. The Morgan fingerprint density at radius 2 is 2.12 bits per heavy atom. The van der Waals surface area contributed by atoms with Gasteiger partial charge in [0.05, 0.1) is 0 Å². The van der Waals surface area contributed by atoms with Crippen molar-refractivity contribution in [3.63, 3.8) is 0 Å². The molecule has 0 spiro atoms. The van der Waals surface area contributed by atoms with E-state index in [2.05, 4.69) is 28.2 Å². The molecule has 0 aliphatic rings. The fraction of sp³-hybridized carbons (Fsp3) is 0.500. The third-order valence-corrected chi connectivity index (χ3v) is 3.92. The second-order valence-corrected chi connectivity index (χ2v) is 5.66. The Kier molecular flexibility index (Phi) is 5.69. The van der Waals surface area contributed by atoms with Gasteiger partial charge in [0.2, 0.25) is 0 Å². The Morgan fingerprint density at radius 1 is 1.41 bits per heavy atom. The average molecular weight is 298 g/mol. The van der Waals surface area contributed by atoms with Crippen LogP contribution in [0.15, 0.2) is 18.2 Å². The van der Waals surface area contributed by atoms with E-state index in [0.717, 1.165) is 30.5 Å². The van der Waals surface area contributed by atoms with Crippen molar-refractivity contribution in [3.8, 4) is 0 Å². The minimum atomic E-state index is 0.0262. The predicted octanol–water partition coefficient (Wildman–Crippen LogP) is 3.60. The van der Waals surface area contributed by atoms with Gasteiger partial charge in [-0.15, -0.1) is 0 Å². The fourth-order valence-corrected chi connectivity index (χ4v) is 1.94. The summed E-state index contributed by atoms with van der Waals surface area (Å²) in [6.07, 6.45) is 2.05. The van der Waals surface area contributed by atoms with Crippen LogP contribution in [0.25, 0.3) is 0 Å². The minimum absolute atomic E-state index is 0.0262. The van der Waals surface area contributed by atoms with Crippen molar-refractivity contribution >= 4 is 21.8 Å². The number of carbonyl (C=O) groups excluding carboxylic acids is 1. The fourth-order valence-electron chi connectivity index (χ4n) is 1.71. The first-order chi connectivity index (χ1) is 8.04. The topological polar surface area (TPSA) is 29.1 Å². The van der Waals surface area contributed by atoms with Gasteiger partial charge >= 0.3 is 0 Å². The van der Waals surface area contributed by atoms with E-state index in [1.807, 2.05) is 32.0 Å². The summed E-state index contributed by atoms with van der Waals surface area (Å²) >= 11 is 3.56. The molecule has 1 unspecified atom stereocenters. The highest BCUT2D eigenvalue weighted by atomic mass is 79.9. The number of halogens is 1. The summed E-state index contributed by atoms with van der Waals surface area (Å²) in [5, 5.41) is 2.96. The van der Waals surface area contributed by atoms with Crippen molar-refractivity contribution in [1.82, 2.24) is 5.32 Å². The molecular formula is C14H20BrNO. The van der Waals surface area contributed by atoms with Crippen LogP contribution >= 0.6 is 15.9 Å². The van der Waals surface area contributed by atoms with E-state index in [-0.39, 0.29) is 5.91 Å². The van der Waals surface area contributed by atoms with Gasteiger partial charge in [-0.05, 0) is 38.3 Å². The lowest BCUT2D eigenvalue weighted by molar-refractivity contribution is 0.0952. The summed E-state index contributed by atoms with van der Waals surface area (Å²) in [6.45, 7) is 6.86. The van der Waals surface area contributed by atoms with E-state index in [1.54, 1.807) is 0 Å². The van der Waals surface area contributed by atoms with Crippen LogP contribution in [0.5, 0.6) is 0 Å². The van der Waals surface area contributed by atoms with Crippen molar-refractivity contribution in [2.45, 2.75) is 38.4 Å². The van der Waals surface area contributed by atoms with E-state index in [1.165, 1.54) is 5.56 Å². The lowest BCUT2D eigenvalue weighted by Crippen LogP contribution is -2.26. The summed E-state index contributed by atoms with van der Waals surface area (Å²) in [5.74, 6) is 0.0262. The van der Waals surface area contributed by atoms with Gasteiger partial charge in [-0.1, -0.05) is 40.5 Å². The molecule has 0 saturated carbocycles. The molecule has 2 nitrogen and oxygen atoms in total. The summed E-state index contributed by atoms with van der Waals surface area (Å²) < 4.78 is 0. The Bertz CT molecular complexity index is 390. The lowest BCUT2D eigenvalue weighted by atomic mass is 10.1. The summed E-state index contributed by atoms with van der Waals surface area (Å²) in [4.78, 5) is 12.4. The summed E-state index contributed by atoms with van der Waals surface area (Å²) in [5.41, 5.74) is 3.00. The SMILES string of the molecule is CCC(Br)CCNC(=O)c1ccc(C)cc1C. The molecule has 0 aliphatic heterocycles. The highest BCUT2D eigenvalue weighted by molar-refractivity contribution is 9.09. The minimum Gasteiger partial charge on any atom is -0.352 e. The molecular weight excluding hydrogens is 278 g/mol. The maximum absolute atomic E-state index is 11.9. The van der Waals surface area contributed by atoms with Crippen LogP contribution in [-0.2, 0) is 0 Å². The molecule has 1 N–H and O–H groups in total. The maximum Gasteiger partial charge on any atom is 0.251 e. The smallest absolute Gasteiger partial charge is 0.251 e. The average Bonchev–Trinajstić information content (AvgIpc) is 2.28. The number of hydrogen-bond acceptors (Lipinski definition) is 1. The number of aryl methyl sites for hydroxylation is 2. The normalized spacial score (nSPS) is 12.2. The number of rotatable bonds is 5. The van der Waals surface area contributed by atoms with E-state index >= 15 is 0 Å². The van der Waals surface area contributed by atoms with Crippen molar-refractivity contribution in [2.24, 2.45) is 0 Å². The zero-order valence-electron chi connectivity index (χ0n) is 10.7. The molecule has 0 saturated heterocycles. The van der Waals surface area contributed by atoms with E-state index in [9.17, 15) is 4.79 Å². The third-order valence-electron chi connectivity index (χ3n) is 2.81. The predicted molar refractivity (Wildman–Crippen MR) is 75.9 cm³/mol. The molecule has 1 aromatic carbocycles. The first kappa shape index (κ1) is 14.2. The Morgan fingerprint density at radius 3 is 2.71 bits per heavy atom. The van der Waals surface area contributed by atoms with E-state index in [0.29, 0.717) is 4.83 Å². The molecule has 1 atom stereocenters. The van der Waals surface area contributed by atoms with Gasteiger partial charge < -0.3 is 5.32 Å². The van der Waals surface area contributed by atoms with Crippen molar-refractivity contribution in [1.29, 1.82) is 0 Å². The second-order valence-electron chi connectivity index (χ2n) is 4.37. The Hall–Kier alpha value is -0.830. The molecule has 17 heavy (non-hydrogen) atoms. The lowest BCUT2D eigenvalue weighted by Gasteiger charge is -2.10. The molecule has 0 aromatic heterocycles. The molecule has 1 amide bonds.